The van der Waals surface area contributed by atoms with E-state index >= 15 is 0 Å². The third-order valence-corrected chi connectivity index (χ3v) is 4.57. The zero-order chi connectivity index (χ0) is 19.3. The first-order chi connectivity index (χ1) is 13.7. The summed E-state index contributed by atoms with van der Waals surface area (Å²) in [6, 6.07) is 14.6. The highest BCUT2D eigenvalue weighted by Gasteiger charge is 2.31. The molecular formula is C21H26N2O5. The van der Waals surface area contributed by atoms with Crippen molar-refractivity contribution < 1.29 is 24.1 Å². The number of anilines is 2. The molecule has 0 aromatic heterocycles. The first kappa shape index (κ1) is 18.9. The van der Waals surface area contributed by atoms with Crippen LogP contribution >= 0.6 is 0 Å². The summed E-state index contributed by atoms with van der Waals surface area (Å²) in [5.41, 5.74) is 7.16. The van der Waals surface area contributed by atoms with E-state index in [2.05, 4.69) is 17.0 Å². The number of epoxide rings is 3. The first-order valence-corrected chi connectivity index (χ1v) is 9.53. The second kappa shape index (κ2) is 8.68. The minimum Gasteiger partial charge on any atom is -0.508 e. The molecule has 0 radical (unpaired) electrons. The van der Waals surface area contributed by atoms with Gasteiger partial charge in [-0.05, 0) is 36.4 Å². The molecule has 3 aliphatic rings. The van der Waals surface area contributed by atoms with E-state index in [4.69, 9.17) is 29.8 Å². The molecule has 2 aromatic carbocycles. The van der Waals surface area contributed by atoms with Gasteiger partial charge in [0.25, 0.3) is 0 Å². The van der Waals surface area contributed by atoms with Crippen molar-refractivity contribution in [1.82, 2.24) is 0 Å². The molecule has 3 fully saturated rings. The monoisotopic (exact) mass is 386 g/mol. The maximum atomic E-state index is 8.70. The van der Waals surface area contributed by atoms with Crippen LogP contribution in [0.4, 0.5) is 11.4 Å². The van der Waals surface area contributed by atoms with Crippen LogP contribution in [0.2, 0.25) is 0 Å². The van der Waals surface area contributed by atoms with Crippen molar-refractivity contribution in [2.45, 2.75) is 18.3 Å². The zero-order valence-corrected chi connectivity index (χ0v) is 15.7. The summed E-state index contributed by atoms with van der Waals surface area (Å²) in [6.07, 6.45) is 1.03. The summed E-state index contributed by atoms with van der Waals surface area (Å²) in [5, 5.41) is 8.70. The number of hydrogen-bond acceptors (Lipinski definition) is 7. The topological polar surface area (TPSA) is 96.3 Å². The van der Waals surface area contributed by atoms with Crippen LogP contribution in [0.5, 0.6) is 11.5 Å². The summed E-state index contributed by atoms with van der Waals surface area (Å²) >= 11 is 0. The quantitative estimate of drug-likeness (QED) is 0.407. The predicted molar refractivity (Wildman–Crippen MR) is 106 cm³/mol. The Balaban J connectivity index is 0.000000203. The number of aromatic hydroxyl groups is 1. The van der Waals surface area contributed by atoms with Gasteiger partial charge >= 0.3 is 0 Å². The minimum absolute atomic E-state index is 0.249. The molecule has 0 bridgehead atoms. The Bertz CT molecular complexity index is 723. The number of phenolic OH excluding ortho intramolecular Hbond substituents is 1. The van der Waals surface area contributed by atoms with Gasteiger partial charge in [0, 0.05) is 30.5 Å². The molecule has 3 saturated heterocycles. The number of nitrogens with zero attached hydrogens (tertiary/aromatic N) is 1. The van der Waals surface area contributed by atoms with Crippen molar-refractivity contribution >= 4 is 11.4 Å². The van der Waals surface area contributed by atoms with Crippen LogP contribution in [0.25, 0.3) is 0 Å². The van der Waals surface area contributed by atoms with Crippen LogP contribution in [0.3, 0.4) is 0 Å². The van der Waals surface area contributed by atoms with Gasteiger partial charge in [-0.1, -0.05) is 6.07 Å². The van der Waals surface area contributed by atoms with Gasteiger partial charge in [0.15, 0.2) is 0 Å². The maximum Gasteiger partial charge on any atom is 0.121 e. The van der Waals surface area contributed by atoms with E-state index in [1.165, 1.54) is 5.69 Å². The molecule has 0 aliphatic carbocycles. The van der Waals surface area contributed by atoms with Gasteiger partial charge in [0.2, 0.25) is 0 Å². The summed E-state index contributed by atoms with van der Waals surface area (Å²) < 4.78 is 21.6. The van der Waals surface area contributed by atoms with Gasteiger partial charge in [0.05, 0.1) is 32.0 Å². The Morgan fingerprint density at radius 1 is 0.929 bits per heavy atom. The van der Waals surface area contributed by atoms with E-state index in [0.29, 0.717) is 24.5 Å². The van der Waals surface area contributed by atoms with Crippen LogP contribution in [0, 0.1) is 0 Å². The number of phenols is 1. The van der Waals surface area contributed by atoms with E-state index in [1.54, 1.807) is 24.3 Å². The Labute approximate surface area is 164 Å². The maximum absolute atomic E-state index is 8.70. The molecule has 7 nitrogen and oxygen atoms in total. The van der Waals surface area contributed by atoms with Gasteiger partial charge in [-0.3, -0.25) is 0 Å². The normalized spacial score (nSPS) is 23.9. The van der Waals surface area contributed by atoms with Crippen molar-refractivity contribution in [1.29, 1.82) is 0 Å². The van der Waals surface area contributed by atoms with Crippen molar-refractivity contribution in [3.05, 3.63) is 48.5 Å². The van der Waals surface area contributed by atoms with Crippen molar-refractivity contribution in [3.63, 3.8) is 0 Å². The fourth-order valence-electron chi connectivity index (χ4n) is 2.72. The number of hydrogen-bond donors (Lipinski definition) is 2. The van der Waals surface area contributed by atoms with Crippen LogP contribution in [-0.2, 0) is 14.2 Å². The van der Waals surface area contributed by atoms with Gasteiger partial charge in [-0.2, -0.15) is 0 Å². The number of benzene rings is 2. The smallest absolute Gasteiger partial charge is 0.121 e. The largest absolute Gasteiger partial charge is 0.508 e. The second-order valence-corrected chi connectivity index (χ2v) is 7.17. The molecule has 3 N–H and O–H groups in total. The summed E-state index contributed by atoms with van der Waals surface area (Å²) in [5.74, 6) is 1.15. The molecule has 3 unspecified atom stereocenters. The SMILES string of the molecule is Nc1ccc(O)cc1.c1cc(OCC2CO2)cc(N(CC2CO2)CC2CO2)c1. The first-order valence-electron chi connectivity index (χ1n) is 9.53. The van der Waals surface area contributed by atoms with Gasteiger partial charge in [-0.15, -0.1) is 0 Å². The Morgan fingerprint density at radius 3 is 2.07 bits per heavy atom. The summed E-state index contributed by atoms with van der Waals surface area (Å²) in [4.78, 5) is 2.33. The molecule has 7 heteroatoms. The van der Waals surface area contributed by atoms with E-state index in [9.17, 15) is 0 Å². The molecule has 0 saturated carbocycles. The summed E-state index contributed by atoms with van der Waals surface area (Å²) in [6.45, 7) is 5.06. The molecule has 28 heavy (non-hydrogen) atoms. The fourth-order valence-corrected chi connectivity index (χ4v) is 2.72. The third-order valence-electron chi connectivity index (χ3n) is 4.57. The predicted octanol–water partition coefficient (Wildman–Crippen LogP) is 2.04. The van der Waals surface area contributed by atoms with E-state index in [-0.39, 0.29) is 11.9 Å². The number of rotatable bonds is 8. The second-order valence-electron chi connectivity index (χ2n) is 7.17. The van der Waals surface area contributed by atoms with E-state index < -0.39 is 0 Å². The standard InChI is InChI=1S/C15H19NO4.C6H7NO/c1-2-11(4-12(3-1)17-9-15-10-20-15)16(5-13-7-18-13)6-14-8-19-14;7-5-1-3-6(8)4-2-5/h1-4,13-15H,5-10H2;1-4,8H,7H2. The average Bonchev–Trinajstić information content (AvgIpc) is 3.55. The molecule has 2 aromatic rings. The molecule has 0 spiro atoms. The van der Waals surface area contributed by atoms with E-state index in [0.717, 1.165) is 38.7 Å². The van der Waals surface area contributed by atoms with Gasteiger partial charge in [-0.25, -0.2) is 0 Å². The van der Waals surface area contributed by atoms with Crippen molar-refractivity contribution in [2.24, 2.45) is 0 Å². The van der Waals surface area contributed by atoms with Crippen LogP contribution < -0.4 is 15.4 Å². The Kier molecular flexibility index (Phi) is 5.85. The van der Waals surface area contributed by atoms with Crippen LogP contribution in [-0.4, -0.2) is 62.9 Å². The lowest BCUT2D eigenvalue weighted by molar-refractivity contribution is 0.263. The third kappa shape index (κ3) is 6.30. The van der Waals surface area contributed by atoms with Crippen LogP contribution in [0.1, 0.15) is 0 Å². The molecule has 3 atom stereocenters. The Hall–Kier alpha value is -2.48. The molecule has 0 amide bonds. The number of nitrogens with two attached hydrogens (primary N) is 1. The fraction of sp³-hybridized carbons (Fsp3) is 0.429. The number of ether oxygens (including phenoxy) is 4. The van der Waals surface area contributed by atoms with Gasteiger partial charge < -0.3 is 34.7 Å². The number of nitrogen functional groups attached to an aromatic ring is 1. The van der Waals surface area contributed by atoms with Crippen molar-refractivity contribution in [2.75, 3.05) is 50.2 Å². The highest BCUT2D eigenvalue weighted by atomic mass is 16.6. The molecule has 3 heterocycles. The average molecular weight is 386 g/mol. The molecular weight excluding hydrogens is 360 g/mol. The highest BCUT2D eigenvalue weighted by molar-refractivity contribution is 5.51. The van der Waals surface area contributed by atoms with Crippen molar-refractivity contribution in [3.8, 4) is 11.5 Å². The Morgan fingerprint density at radius 2 is 1.54 bits per heavy atom. The zero-order valence-electron chi connectivity index (χ0n) is 15.7. The molecule has 3 aliphatic heterocycles. The lowest BCUT2D eigenvalue weighted by atomic mass is 10.2. The lowest BCUT2D eigenvalue weighted by Gasteiger charge is -2.23. The molecule has 150 valence electrons. The molecule has 5 rings (SSSR count). The van der Waals surface area contributed by atoms with E-state index in [1.807, 2.05) is 12.1 Å². The van der Waals surface area contributed by atoms with Crippen LogP contribution in [0.15, 0.2) is 48.5 Å². The highest BCUT2D eigenvalue weighted by Crippen LogP contribution is 2.26. The minimum atomic E-state index is 0.249. The van der Waals surface area contributed by atoms with Gasteiger partial charge in [0.1, 0.15) is 24.2 Å². The summed E-state index contributed by atoms with van der Waals surface area (Å²) in [7, 11) is 0. The lowest BCUT2D eigenvalue weighted by Crippen LogP contribution is -2.31.